The van der Waals surface area contributed by atoms with Crippen LogP contribution in [0.25, 0.3) is 0 Å². The van der Waals surface area contributed by atoms with Crippen LogP contribution in [-0.2, 0) is 10.9 Å². The summed E-state index contributed by atoms with van der Waals surface area (Å²) in [5.41, 5.74) is -0.489. The molecule has 3 nitrogen and oxygen atoms in total. The first-order chi connectivity index (χ1) is 9.27. The van der Waals surface area contributed by atoms with E-state index in [1.807, 2.05) is 13.8 Å². The van der Waals surface area contributed by atoms with Crippen molar-refractivity contribution in [2.75, 3.05) is 13.1 Å². The van der Waals surface area contributed by atoms with Gasteiger partial charge in [-0.15, -0.1) is 0 Å². The zero-order valence-corrected chi connectivity index (χ0v) is 11.3. The Morgan fingerprint density at radius 2 is 1.65 bits per heavy atom. The number of benzene rings is 1. The summed E-state index contributed by atoms with van der Waals surface area (Å²) in [5, 5.41) is 0. The number of alkyl halides is 3. The summed E-state index contributed by atoms with van der Waals surface area (Å²) in [6.45, 7) is 4.62. The number of nitrogens with zero attached hydrogens (tertiary/aromatic N) is 1. The Bertz CT molecular complexity index is 474. The maximum Gasteiger partial charge on any atom is 0.416 e. The second-order valence-electron chi connectivity index (χ2n) is 5.04. The van der Waals surface area contributed by atoms with Crippen molar-refractivity contribution in [3.05, 3.63) is 35.4 Å². The lowest BCUT2D eigenvalue weighted by Gasteiger charge is -2.35. The maximum atomic E-state index is 12.5. The van der Waals surface area contributed by atoms with E-state index in [-0.39, 0.29) is 23.7 Å². The molecule has 0 bridgehead atoms. The highest BCUT2D eigenvalue weighted by Crippen LogP contribution is 2.29. The first kappa shape index (κ1) is 14.8. The van der Waals surface area contributed by atoms with Crippen LogP contribution in [0.5, 0.6) is 0 Å². The summed E-state index contributed by atoms with van der Waals surface area (Å²) in [5.74, 6) is -0.263. The molecule has 2 rings (SSSR count). The molecular weight excluding hydrogens is 271 g/mol. The van der Waals surface area contributed by atoms with E-state index in [4.69, 9.17) is 4.74 Å². The molecule has 0 saturated carbocycles. The third-order valence-electron chi connectivity index (χ3n) is 3.17. The molecule has 0 radical (unpaired) electrons. The molecule has 1 aromatic rings. The lowest BCUT2D eigenvalue weighted by Crippen LogP contribution is -2.48. The molecule has 1 saturated heterocycles. The lowest BCUT2D eigenvalue weighted by molar-refractivity contribution is -0.137. The fraction of sp³-hybridized carbons (Fsp3) is 0.500. The third kappa shape index (κ3) is 3.30. The van der Waals surface area contributed by atoms with Gasteiger partial charge in [0.05, 0.1) is 17.8 Å². The van der Waals surface area contributed by atoms with Crippen molar-refractivity contribution in [2.24, 2.45) is 0 Å². The molecule has 1 aromatic carbocycles. The van der Waals surface area contributed by atoms with E-state index in [1.54, 1.807) is 4.90 Å². The Balaban J connectivity index is 2.13. The average molecular weight is 287 g/mol. The number of carbonyl (C=O) groups is 1. The molecule has 0 aliphatic carbocycles. The Morgan fingerprint density at radius 1 is 1.15 bits per heavy atom. The first-order valence-corrected chi connectivity index (χ1v) is 6.39. The number of hydrogen-bond donors (Lipinski definition) is 0. The largest absolute Gasteiger partial charge is 0.416 e. The smallest absolute Gasteiger partial charge is 0.372 e. The first-order valence-electron chi connectivity index (χ1n) is 6.39. The molecule has 1 fully saturated rings. The van der Waals surface area contributed by atoms with Crippen LogP contribution in [0.3, 0.4) is 0 Å². The second-order valence-corrected chi connectivity index (χ2v) is 5.04. The van der Waals surface area contributed by atoms with E-state index < -0.39 is 11.7 Å². The number of rotatable bonds is 1. The number of hydrogen-bond acceptors (Lipinski definition) is 2. The van der Waals surface area contributed by atoms with E-state index in [0.29, 0.717) is 13.1 Å². The van der Waals surface area contributed by atoms with Crippen molar-refractivity contribution in [1.82, 2.24) is 4.90 Å². The van der Waals surface area contributed by atoms with Crippen molar-refractivity contribution in [1.29, 1.82) is 0 Å². The quantitative estimate of drug-likeness (QED) is 0.794. The predicted molar refractivity (Wildman–Crippen MR) is 67.4 cm³/mol. The van der Waals surface area contributed by atoms with E-state index in [2.05, 4.69) is 0 Å². The number of ether oxygens (including phenoxy) is 1. The van der Waals surface area contributed by atoms with Crippen molar-refractivity contribution >= 4 is 5.91 Å². The van der Waals surface area contributed by atoms with Gasteiger partial charge in [0.1, 0.15) is 0 Å². The van der Waals surface area contributed by atoms with E-state index in [1.165, 1.54) is 12.1 Å². The number of amides is 1. The molecule has 20 heavy (non-hydrogen) atoms. The molecular formula is C14H16F3NO2. The topological polar surface area (TPSA) is 29.5 Å². The third-order valence-corrected chi connectivity index (χ3v) is 3.17. The normalized spacial score (nSPS) is 23.8. The van der Waals surface area contributed by atoms with Gasteiger partial charge in [-0.1, -0.05) is 0 Å². The van der Waals surface area contributed by atoms with Crippen molar-refractivity contribution in [3.8, 4) is 0 Å². The SMILES string of the molecule is CC1CN(C(=O)c2ccc(C(F)(F)F)cc2)CC(C)O1. The fourth-order valence-corrected chi connectivity index (χ4v) is 2.33. The minimum atomic E-state index is -4.39. The monoisotopic (exact) mass is 287 g/mol. The molecule has 0 aromatic heterocycles. The lowest BCUT2D eigenvalue weighted by atomic mass is 10.1. The van der Waals surface area contributed by atoms with Crippen LogP contribution < -0.4 is 0 Å². The van der Waals surface area contributed by atoms with Gasteiger partial charge in [0.15, 0.2) is 0 Å². The highest BCUT2D eigenvalue weighted by Gasteiger charge is 2.31. The highest BCUT2D eigenvalue weighted by molar-refractivity contribution is 5.94. The molecule has 2 unspecified atom stereocenters. The Morgan fingerprint density at radius 3 is 2.10 bits per heavy atom. The van der Waals surface area contributed by atoms with Gasteiger partial charge in [0.2, 0.25) is 0 Å². The summed E-state index contributed by atoms with van der Waals surface area (Å²) in [7, 11) is 0. The zero-order valence-electron chi connectivity index (χ0n) is 11.3. The minimum Gasteiger partial charge on any atom is -0.372 e. The molecule has 1 aliphatic rings. The van der Waals surface area contributed by atoms with Gasteiger partial charge in [-0.25, -0.2) is 0 Å². The van der Waals surface area contributed by atoms with Crippen LogP contribution in [-0.4, -0.2) is 36.1 Å². The number of morpholine rings is 1. The summed E-state index contributed by atoms with van der Waals surface area (Å²) >= 11 is 0. The Hall–Kier alpha value is -1.56. The summed E-state index contributed by atoms with van der Waals surface area (Å²) in [4.78, 5) is 13.9. The molecule has 0 N–H and O–H groups in total. The summed E-state index contributed by atoms with van der Waals surface area (Å²) < 4.78 is 42.9. The van der Waals surface area contributed by atoms with Gasteiger partial charge in [-0.3, -0.25) is 4.79 Å². The van der Waals surface area contributed by atoms with E-state index in [0.717, 1.165) is 12.1 Å². The summed E-state index contributed by atoms with van der Waals surface area (Å²) in [6.07, 6.45) is -4.53. The summed E-state index contributed by atoms with van der Waals surface area (Å²) in [6, 6.07) is 4.30. The second kappa shape index (κ2) is 5.44. The highest BCUT2D eigenvalue weighted by atomic mass is 19.4. The van der Waals surface area contributed by atoms with E-state index >= 15 is 0 Å². The van der Waals surface area contributed by atoms with Crippen LogP contribution >= 0.6 is 0 Å². The predicted octanol–water partition coefficient (Wildman–Crippen LogP) is 2.95. The van der Waals surface area contributed by atoms with Crippen LogP contribution in [0, 0.1) is 0 Å². The average Bonchev–Trinajstić information content (AvgIpc) is 2.36. The van der Waals surface area contributed by atoms with Gasteiger partial charge in [-0.2, -0.15) is 13.2 Å². The molecule has 110 valence electrons. The van der Waals surface area contributed by atoms with Gasteiger partial charge >= 0.3 is 6.18 Å². The van der Waals surface area contributed by atoms with Gasteiger partial charge in [-0.05, 0) is 38.1 Å². The van der Waals surface area contributed by atoms with Crippen molar-refractivity contribution < 1.29 is 22.7 Å². The molecule has 1 amide bonds. The Kier molecular flexibility index (Phi) is 4.04. The maximum absolute atomic E-state index is 12.5. The van der Waals surface area contributed by atoms with Crippen LogP contribution in [0.2, 0.25) is 0 Å². The molecule has 1 aliphatic heterocycles. The standard InChI is InChI=1S/C14H16F3NO2/c1-9-7-18(8-10(2)20-9)13(19)11-3-5-12(6-4-11)14(15,16)17/h3-6,9-10H,7-8H2,1-2H3. The van der Waals surface area contributed by atoms with Gasteiger partial charge in [0, 0.05) is 18.7 Å². The molecule has 6 heteroatoms. The zero-order chi connectivity index (χ0) is 14.9. The van der Waals surface area contributed by atoms with Crippen LogP contribution in [0.1, 0.15) is 29.8 Å². The van der Waals surface area contributed by atoms with Crippen molar-refractivity contribution in [3.63, 3.8) is 0 Å². The van der Waals surface area contributed by atoms with Crippen molar-refractivity contribution in [2.45, 2.75) is 32.2 Å². The number of carbonyl (C=O) groups excluding carboxylic acids is 1. The van der Waals surface area contributed by atoms with Gasteiger partial charge < -0.3 is 9.64 Å². The minimum absolute atomic E-state index is 0.0721. The van der Waals surface area contributed by atoms with E-state index in [9.17, 15) is 18.0 Å². The molecule has 0 spiro atoms. The Labute approximate surface area is 115 Å². The molecule has 1 heterocycles. The molecule has 2 atom stereocenters. The van der Waals surface area contributed by atoms with Gasteiger partial charge in [0.25, 0.3) is 5.91 Å². The van der Waals surface area contributed by atoms with Crippen LogP contribution in [0.15, 0.2) is 24.3 Å². The van der Waals surface area contributed by atoms with Crippen LogP contribution in [0.4, 0.5) is 13.2 Å². The number of halogens is 3. The fourth-order valence-electron chi connectivity index (χ4n) is 2.33.